The van der Waals surface area contributed by atoms with E-state index in [2.05, 4.69) is 10.2 Å². The van der Waals surface area contributed by atoms with Gasteiger partial charge in [-0.15, -0.1) is 0 Å². The van der Waals surface area contributed by atoms with Gasteiger partial charge < -0.3 is 9.64 Å². The first kappa shape index (κ1) is 10.7. The van der Waals surface area contributed by atoms with Gasteiger partial charge >= 0.3 is 0 Å². The molecule has 0 radical (unpaired) electrons. The average molecular weight is 236 g/mol. The molecule has 2 aliphatic heterocycles. The fraction of sp³-hybridized carbons (Fsp3) is 0.727. The molecule has 3 rings (SSSR count). The van der Waals surface area contributed by atoms with Crippen LogP contribution in [0.25, 0.3) is 0 Å². The van der Waals surface area contributed by atoms with Gasteiger partial charge in [-0.2, -0.15) is 15.0 Å². The van der Waals surface area contributed by atoms with Crippen molar-refractivity contribution in [3.63, 3.8) is 0 Å². The summed E-state index contributed by atoms with van der Waals surface area (Å²) >= 11 is 0. The number of carbonyl (C=O) groups is 1. The molecule has 0 spiro atoms. The normalized spacial score (nSPS) is 28.8. The lowest BCUT2D eigenvalue weighted by atomic mass is 10.2. The molecule has 1 aromatic heterocycles. The standard InChI is InChI=1S/C11H16N4O2/c16-11(10-2-1-7-17-10)14-6-3-9(8-14)15-12-4-5-13-15/h4-5,9-10H,1-3,6-8H2. The summed E-state index contributed by atoms with van der Waals surface area (Å²) in [4.78, 5) is 15.7. The van der Waals surface area contributed by atoms with Gasteiger partial charge in [0.15, 0.2) is 0 Å². The molecule has 2 atom stereocenters. The molecule has 0 bridgehead atoms. The largest absolute Gasteiger partial charge is 0.368 e. The summed E-state index contributed by atoms with van der Waals surface area (Å²) in [5.74, 6) is 0.136. The van der Waals surface area contributed by atoms with E-state index in [4.69, 9.17) is 4.74 Å². The predicted molar refractivity (Wildman–Crippen MR) is 59.2 cm³/mol. The summed E-state index contributed by atoms with van der Waals surface area (Å²) in [5.41, 5.74) is 0. The first-order chi connectivity index (χ1) is 8.34. The van der Waals surface area contributed by atoms with Crippen LogP contribution in [-0.2, 0) is 9.53 Å². The Kier molecular flexibility index (Phi) is 2.80. The van der Waals surface area contributed by atoms with Gasteiger partial charge in [0.05, 0.1) is 18.4 Å². The van der Waals surface area contributed by atoms with Crippen molar-refractivity contribution in [3.8, 4) is 0 Å². The van der Waals surface area contributed by atoms with Crippen LogP contribution >= 0.6 is 0 Å². The molecular weight excluding hydrogens is 220 g/mol. The van der Waals surface area contributed by atoms with E-state index in [1.807, 2.05) is 4.90 Å². The van der Waals surface area contributed by atoms with Crippen LogP contribution in [0.4, 0.5) is 0 Å². The summed E-state index contributed by atoms with van der Waals surface area (Å²) in [6.07, 6.45) is 5.91. The van der Waals surface area contributed by atoms with E-state index < -0.39 is 0 Å². The molecule has 2 aliphatic rings. The molecule has 2 saturated heterocycles. The summed E-state index contributed by atoms with van der Waals surface area (Å²) in [7, 11) is 0. The Bertz CT molecular complexity index is 386. The Balaban J connectivity index is 1.62. The molecule has 0 aliphatic carbocycles. The minimum absolute atomic E-state index is 0.136. The van der Waals surface area contributed by atoms with Gasteiger partial charge in [-0.3, -0.25) is 4.79 Å². The SMILES string of the molecule is O=C(C1CCCO1)N1CCC(n2nccn2)C1. The molecule has 6 heteroatoms. The quantitative estimate of drug-likeness (QED) is 0.737. The number of ether oxygens (including phenoxy) is 1. The molecule has 0 aromatic carbocycles. The molecule has 0 saturated carbocycles. The molecule has 1 amide bonds. The zero-order valence-corrected chi connectivity index (χ0v) is 9.66. The van der Waals surface area contributed by atoms with Gasteiger partial charge in [-0.25, -0.2) is 0 Å². The Morgan fingerprint density at radius 3 is 2.82 bits per heavy atom. The molecule has 6 nitrogen and oxygen atoms in total. The maximum absolute atomic E-state index is 12.1. The lowest BCUT2D eigenvalue weighted by Crippen LogP contribution is -2.37. The van der Waals surface area contributed by atoms with E-state index in [9.17, 15) is 4.79 Å². The Morgan fingerprint density at radius 2 is 2.12 bits per heavy atom. The third-order valence-electron chi connectivity index (χ3n) is 3.44. The van der Waals surface area contributed by atoms with Gasteiger partial charge in [-0.1, -0.05) is 0 Å². The van der Waals surface area contributed by atoms with Crippen molar-refractivity contribution in [2.24, 2.45) is 0 Å². The average Bonchev–Trinajstić information content (AvgIpc) is 3.09. The van der Waals surface area contributed by atoms with Gasteiger partial charge in [0.2, 0.25) is 0 Å². The number of amides is 1. The van der Waals surface area contributed by atoms with Crippen molar-refractivity contribution in [1.29, 1.82) is 0 Å². The number of rotatable bonds is 2. The molecule has 3 heterocycles. The van der Waals surface area contributed by atoms with Crippen LogP contribution in [0.15, 0.2) is 12.4 Å². The molecule has 2 unspecified atom stereocenters. The van der Waals surface area contributed by atoms with Crippen molar-refractivity contribution in [2.75, 3.05) is 19.7 Å². The van der Waals surface area contributed by atoms with Crippen LogP contribution in [0.3, 0.4) is 0 Å². The minimum Gasteiger partial charge on any atom is -0.368 e. The Hall–Kier alpha value is -1.43. The van der Waals surface area contributed by atoms with Crippen LogP contribution in [0.5, 0.6) is 0 Å². The van der Waals surface area contributed by atoms with E-state index in [0.29, 0.717) is 13.2 Å². The second kappa shape index (κ2) is 4.44. The summed E-state index contributed by atoms with van der Waals surface area (Å²) in [6, 6.07) is 0.218. The second-order valence-corrected chi connectivity index (χ2v) is 4.58. The van der Waals surface area contributed by atoms with Crippen LogP contribution in [0, 0.1) is 0 Å². The first-order valence-corrected chi connectivity index (χ1v) is 6.11. The minimum atomic E-state index is -0.209. The summed E-state index contributed by atoms with van der Waals surface area (Å²) in [6.45, 7) is 2.20. The summed E-state index contributed by atoms with van der Waals surface area (Å²) in [5, 5.41) is 8.25. The highest BCUT2D eigenvalue weighted by atomic mass is 16.5. The van der Waals surface area contributed by atoms with Crippen LogP contribution in [-0.4, -0.2) is 51.6 Å². The number of likely N-dealkylation sites (tertiary alicyclic amines) is 1. The maximum Gasteiger partial charge on any atom is 0.251 e. The molecule has 0 N–H and O–H groups in total. The third-order valence-corrected chi connectivity index (χ3v) is 3.44. The smallest absolute Gasteiger partial charge is 0.251 e. The van der Waals surface area contributed by atoms with Crippen molar-refractivity contribution in [1.82, 2.24) is 19.9 Å². The molecule has 17 heavy (non-hydrogen) atoms. The van der Waals surface area contributed by atoms with Gasteiger partial charge in [0.25, 0.3) is 5.91 Å². The molecule has 1 aromatic rings. The fourth-order valence-electron chi connectivity index (χ4n) is 2.52. The molecular formula is C11H16N4O2. The van der Waals surface area contributed by atoms with E-state index in [0.717, 1.165) is 25.8 Å². The number of aromatic nitrogens is 3. The first-order valence-electron chi connectivity index (χ1n) is 6.11. The van der Waals surface area contributed by atoms with E-state index in [1.54, 1.807) is 17.2 Å². The van der Waals surface area contributed by atoms with Gasteiger partial charge in [0.1, 0.15) is 6.10 Å². The Morgan fingerprint density at radius 1 is 1.29 bits per heavy atom. The molecule has 2 fully saturated rings. The van der Waals surface area contributed by atoms with E-state index in [-0.39, 0.29) is 18.1 Å². The lowest BCUT2D eigenvalue weighted by molar-refractivity contribution is -0.139. The van der Waals surface area contributed by atoms with E-state index in [1.165, 1.54) is 0 Å². The van der Waals surface area contributed by atoms with Gasteiger partial charge in [0, 0.05) is 19.7 Å². The fourth-order valence-corrected chi connectivity index (χ4v) is 2.52. The molecule has 92 valence electrons. The highest BCUT2D eigenvalue weighted by Gasteiger charge is 2.34. The zero-order valence-electron chi connectivity index (χ0n) is 9.66. The number of hydrogen-bond acceptors (Lipinski definition) is 4. The number of hydrogen-bond donors (Lipinski definition) is 0. The van der Waals surface area contributed by atoms with Crippen LogP contribution in [0.1, 0.15) is 25.3 Å². The third kappa shape index (κ3) is 2.04. The highest BCUT2D eigenvalue weighted by Crippen LogP contribution is 2.23. The monoisotopic (exact) mass is 236 g/mol. The topological polar surface area (TPSA) is 60.2 Å². The maximum atomic E-state index is 12.1. The van der Waals surface area contributed by atoms with Crippen molar-refractivity contribution < 1.29 is 9.53 Å². The van der Waals surface area contributed by atoms with Crippen LogP contribution in [0.2, 0.25) is 0 Å². The van der Waals surface area contributed by atoms with E-state index >= 15 is 0 Å². The van der Waals surface area contributed by atoms with Crippen molar-refractivity contribution in [3.05, 3.63) is 12.4 Å². The summed E-state index contributed by atoms with van der Waals surface area (Å²) < 4.78 is 5.42. The number of nitrogens with zero attached hydrogens (tertiary/aromatic N) is 4. The van der Waals surface area contributed by atoms with Gasteiger partial charge in [-0.05, 0) is 19.3 Å². The highest BCUT2D eigenvalue weighted by molar-refractivity contribution is 5.81. The predicted octanol–water partition coefficient (Wildman–Crippen LogP) is 0.230. The Labute approximate surface area is 99.5 Å². The van der Waals surface area contributed by atoms with Crippen molar-refractivity contribution in [2.45, 2.75) is 31.4 Å². The number of carbonyl (C=O) groups excluding carboxylic acids is 1. The zero-order chi connectivity index (χ0) is 11.7. The lowest BCUT2D eigenvalue weighted by Gasteiger charge is -2.19. The second-order valence-electron chi connectivity index (χ2n) is 4.58. The van der Waals surface area contributed by atoms with Crippen molar-refractivity contribution >= 4 is 5.91 Å². The van der Waals surface area contributed by atoms with Crippen LogP contribution < -0.4 is 0 Å².